The molecule has 0 saturated carbocycles. The maximum atomic E-state index is 12.5. The Balaban J connectivity index is 1.78. The van der Waals surface area contributed by atoms with Crippen LogP contribution in [0.5, 0.6) is 5.75 Å². The number of Topliss-reactive ketones (excluding diaryl/α,β-unsaturated/α-hetero) is 1. The predicted molar refractivity (Wildman–Crippen MR) is 92.7 cm³/mol. The first-order chi connectivity index (χ1) is 12.4. The third kappa shape index (κ3) is 3.80. The standard InChI is InChI=1S/C18H16BrF2NO4/c1-9-15-12(23)3-2-4-14(15)25-16(9)17(24)22-8-10-7-11(19)5-6-13(10)26-18(20)21/h5-7,18H,2-4,8H2,1H3,(H,22,24). The molecule has 3 rings (SSSR count). The molecule has 1 aromatic carbocycles. The summed E-state index contributed by atoms with van der Waals surface area (Å²) in [5.74, 6) is 0.0672. The van der Waals surface area contributed by atoms with Crippen LogP contribution in [0.4, 0.5) is 8.78 Å². The van der Waals surface area contributed by atoms with Crippen molar-refractivity contribution in [1.29, 1.82) is 0 Å². The maximum absolute atomic E-state index is 12.5. The first-order valence-electron chi connectivity index (χ1n) is 8.03. The summed E-state index contributed by atoms with van der Waals surface area (Å²) in [6, 6.07) is 4.55. The van der Waals surface area contributed by atoms with Crippen LogP contribution in [-0.4, -0.2) is 18.3 Å². The summed E-state index contributed by atoms with van der Waals surface area (Å²) in [7, 11) is 0. The molecule has 1 N–H and O–H groups in total. The van der Waals surface area contributed by atoms with E-state index in [0.29, 0.717) is 46.2 Å². The monoisotopic (exact) mass is 427 g/mol. The second kappa shape index (κ2) is 7.57. The van der Waals surface area contributed by atoms with Crippen LogP contribution in [0.15, 0.2) is 27.1 Å². The van der Waals surface area contributed by atoms with Crippen LogP contribution in [0.2, 0.25) is 0 Å². The zero-order valence-corrected chi connectivity index (χ0v) is 15.5. The lowest BCUT2D eigenvalue weighted by molar-refractivity contribution is -0.0504. The minimum atomic E-state index is -2.96. The van der Waals surface area contributed by atoms with Crippen molar-refractivity contribution in [2.45, 2.75) is 39.3 Å². The number of amides is 1. The summed E-state index contributed by atoms with van der Waals surface area (Å²) in [4.78, 5) is 24.5. The summed E-state index contributed by atoms with van der Waals surface area (Å²) in [5.41, 5.74) is 1.39. The molecule has 26 heavy (non-hydrogen) atoms. The second-order valence-corrected chi connectivity index (χ2v) is 6.86. The number of ketones is 1. The van der Waals surface area contributed by atoms with Gasteiger partial charge in [0.2, 0.25) is 0 Å². The van der Waals surface area contributed by atoms with Crippen LogP contribution in [0.1, 0.15) is 50.6 Å². The number of carbonyl (C=O) groups is 2. The molecule has 0 atom stereocenters. The molecular weight excluding hydrogens is 412 g/mol. The molecular formula is C18H16BrF2NO4. The van der Waals surface area contributed by atoms with Crippen molar-refractivity contribution < 1.29 is 27.5 Å². The molecule has 1 aliphatic rings. The molecule has 1 amide bonds. The summed E-state index contributed by atoms with van der Waals surface area (Å²) in [5, 5.41) is 2.63. The first kappa shape index (κ1) is 18.6. The molecule has 0 bridgehead atoms. The molecule has 5 nitrogen and oxygen atoms in total. The highest BCUT2D eigenvalue weighted by molar-refractivity contribution is 9.10. The number of alkyl halides is 2. The van der Waals surface area contributed by atoms with E-state index in [1.165, 1.54) is 6.07 Å². The normalized spacial score (nSPS) is 13.7. The van der Waals surface area contributed by atoms with Gasteiger partial charge in [-0.2, -0.15) is 8.78 Å². The lowest BCUT2D eigenvalue weighted by Crippen LogP contribution is -2.23. The number of benzene rings is 1. The van der Waals surface area contributed by atoms with Gasteiger partial charge >= 0.3 is 6.61 Å². The van der Waals surface area contributed by atoms with E-state index in [9.17, 15) is 18.4 Å². The van der Waals surface area contributed by atoms with E-state index in [0.717, 1.165) is 0 Å². The molecule has 138 valence electrons. The van der Waals surface area contributed by atoms with Crippen LogP contribution < -0.4 is 10.1 Å². The van der Waals surface area contributed by atoms with E-state index in [1.54, 1.807) is 19.1 Å². The molecule has 0 saturated heterocycles. The Morgan fingerprint density at radius 3 is 2.85 bits per heavy atom. The van der Waals surface area contributed by atoms with Gasteiger partial charge in [-0.05, 0) is 31.5 Å². The first-order valence-corrected chi connectivity index (χ1v) is 8.83. The fraction of sp³-hybridized carbons (Fsp3) is 0.333. The topological polar surface area (TPSA) is 68.5 Å². The molecule has 1 aromatic heterocycles. The Hall–Kier alpha value is -2.22. The lowest BCUT2D eigenvalue weighted by atomic mass is 9.94. The van der Waals surface area contributed by atoms with Crippen molar-refractivity contribution >= 4 is 27.6 Å². The largest absolute Gasteiger partial charge is 0.455 e. The summed E-state index contributed by atoms with van der Waals surface area (Å²) >= 11 is 3.26. The van der Waals surface area contributed by atoms with Crippen LogP contribution in [-0.2, 0) is 13.0 Å². The average Bonchev–Trinajstić information content (AvgIpc) is 2.92. The highest BCUT2D eigenvalue weighted by atomic mass is 79.9. The Kier molecular flexibility index (Phi) is 5.41. The van der Waals surface area contributed by atoms with E-state index >= 15 is 0 Å². The summed E-state index contributed by atoms with van der Waals surface area (Å²) in [6.07, 6.45) is 1.76. The molecule has 1 aliphatic carbocycles. The molecule has 8 heteroatoms. The number of halogens is 3. The Bertz CT molecular complexity index is 863. The number of ether oxygens (including phenoxy) is 1. The quantitative estimate of drug-likeness (QED) is 0.767. The average molecular weight is 428 g/mol. The van der Waals surface area contributed by atoms with Crippen molar-refractivity contribution in [3.05, 3.63) is 50.9 Å². The second-order valence-electron chi connectivity index (χ2n) is 5.94. The van der Waals surface area contributed by atoms with Gasteiger partial charge < -0.3 is 14.5 Å². The van der Waals surface area contributed by atoms with Gasteiger partial charge in [-0.1, -0.05) is 15.9 Å². The maximum Gasteiger partial charge on any atom is 0.387 e. The molecule has 0 spiro atoms. The molecule has 2 aromatic rings. The van der Waals surface area contributed by atoms with E-state index in [1.807, 2.05) is 0 Å². The Morgan fingerprint density at radius 1 is 1.38 bits per heavy atom. The van der Waals surface area contributed by atoms with Gasteiger partial charge in [0, 0.05) is 35.0 Å². The van der Waals surface area contributed by atoms with Crippen molar-refractivity contribution in [3.8, 4) is 5.75 Å². The van der Waals surface area contributed by atoms with E-state index in [4.69, 9.17) is 4.42 Å². The molecule has 1 heterocycles. The third-order valence-electron chi connectivity index (χ3n) is 4.19. The van der Waals surface area contributed by atoms with Gasteiger partial charge in [0.1, 0.15) is 11.5 Å². The minimum absolute atomic E-state index is 0.0193. The fourth-order valence-corrected chi connectivity index (χ4v) is 3.43. The van der Waals surface area contributed by atoms with Gasteiger partial charge in [0.15, 0.2) is 11.5 Å². The lowest BCUT2D eigenvalue weighted by Gasteiger charge is -2.12. The number of rotatable bonds is 5. The zero-order chi connectivity index (χ0) is 18.8. The van der Waals surface area contributed by atoms with E-state index < -0.39 is 12.5 Å². The number of fused-ring (bicyclic) bond motifs is 1. The highest BCUT2D eigenvalue weighted by Gasteiger charge is 2.28. The van der Waals surface area contributed by atoms with Crippen molar-refractivity contribution in [3.63, 3.8) is 0 Å². The number of nitrogens with one attached hydrogen (secondary N) is 1. The highest BCUT2D eigenvalue weighted by Crippen LogP contribution is 2.30. The number of carbonyl (C=O) groups excluding carboxylic acids is 2. The minimum Gasteiger partial charge on any atom is -0.455 e. The SMILES string of the molecule is Cc1c(C(=O)NCc2cc(Br)ccc2OC(F)F)oc2c1C(=O)CCC2. The smallest absolute Gasteiger partial charge is 0.387 e. The predicted octanol–water partition coefficient (Wildman–Crippen LogP) is 4.40. The van der Waals surface area contributed by atoms with E-state index in [-0.39, 0.29) is 23.8 Å². The van der Waals surface area contributed by atoms with Gasteiger partial charge in [-0.3, -0.25) is 9.59 Å². The molecule has 0 radical (unpaired) electrons. The number of hydrogen-bond donors (Lipinski definition) is 1. The van der Waals surface area contributed by atoms with Crippen molar-refractivity contribution in [2.24, 2.45) is 0 Å². The van der Waals surface area contributed by atoms with Crippen molar-refractivity contribution in [1.82, 2.24) is 5.32 Å². The number of hydrogen-bond acceptors (Lipinski definition) is 4. The summed E-state index contributed by atoms with van der Waals surface area (Å²) in [6.45, 7) is -1.32. The molecule has 0 fully saturated rings. The van der Waals surface area contributed by atoms with Gasteiger partial charge in [-0.25, -0.2) is 0 Å². The van der Waals surface area contributed by atoms with Crippen LogP contribution in [0.25, 0.3) is 0 Å². The zero-order valence-electron chi connectivity index (χ0n) is 13.9. The summed E-state index contributed by atoms with van der Waals surface area (Å²) < 4.78 is 35.8. The van der Waals surface area contributed by atoms with E-state index in [2.05, 4.69) is 26.0 Å². The molecule has 0 aliphatic heterocycles. The third-order valence-corrected chi connectivity index (χ3v) is 4.68. The van der Waals surface area contributed by atoms with Crippen LogP contribution in [0, 0.1) is 6.92 Å². The number of aryl methyl sites for hydroxylation is 1. The Labute approximate surface area is 156 Å². The van der Waals surface area contributed by atoms with Crippen molar-refractivity contribution in [2.75, 3.05) is 0 Å². The van der Waals surface area contributed by atoms with Crippen LogP contribution in [0.3, 0.4) is 0 Å². The van der Waals surface area contributed by atoms with Crippen LogP contribution >= 0.6 is 15.9 Å². The number of furan rings is 1. The van der Waals surface area contributed by atoms with Gasteiger partial charge in [-0.15, -0.1) is 0 Å². The van der Waals surface area contributed by atoms with Gasteiger partial charge in [0.05, 0.1) is 5.56 Å². The Morgan fingerprint density at radius 2 is 2.15 bits per heavy atom. The van der Waals surface area contributed by atoms with Gasteiger partial charge in [0.25, 0.3) is 5.91 Å². The fourth-order valence-electron chi connectivity index (χ4n) is 3.02. The molecule has 0 unspecified atom stereocenters.